The van der Waals surface area contributed by atoms with Gasteiger partial charge in [0.25, 0.3) is 0 Å². The topological polar surface area (TPSA) is 208 Å². The molecule has 1 aliphatic heterocycles. The molecule has 0 amide bonds. The lowest BCUT2D eigenvalue weighted by atomic mass is 10.3. The fourth-order valence-corrected chi connectivity index (χ4v) is 5.10. The Hall–Kier alpha value is -2.47. The number of nitrogens with zero attached hydrogens (tertiary/aromatic N) is 5. The summed E-state index contributed by atoms with van der Waals surface area (Å²) >= 11 is 5.82. The average molecular weight is 459 g/mol. The minimum atomic E-state index is -4.44. The summed E-state index contributed by atoms with van der Waals surface area (Å²) in [4.78, 5) is 38.7. The molecule has 0 saturated heterocycles. The smallest absolute Gasteiger partial charge is 0.246 e. The summed E-state index contributed by atoms with van der Waals surface area (Å²) in [5, 5.41) is 12.1. The molecular formula is C10H11ClN6O9S2. The van der Waals surface area contributed by atoms with Crippen LogP contribution in [0.4, 0.5) is 5.69 Å². The fourth-order valence-electron chi connectivity index (χ4n) is 2.33. The molecule has 0 aliphatic carbocycles. The van der Waals surface area contributed by atoms with Crippen molar-refractivity contribution in [1.29, 1.82) is 0 Å². The summed E-state index contributed by atoms with van der Waals surface area (Å²) < 4.78 is 49.6. The molecule has 18 heteroatoms. The third-order valence-electron chi connectivity index (χ3n) is 3.52. The lowest BCUT2D eigenvalue weighted by molar-refractivity contribution is -0.0239. The van der Waals surface area contributed by atoms with E-state index in [1.165, 1.54) is 0 Å². The second-order valence-electron chi connectivity index (χ2n) is 5.23. The highest BCUT2D eigenvalue weighted by Crippen LogP contribution is 2.38. The van der Waals surface area contributed by atoms with Crippen molar-refractivity contribution >= 4 is 37.3 Å². The van der Waals surface area contributed by atoms with Gasteiger partial charge < -0.3 is 9.68 Å². The summed E-state index contributed by atoms with van der Waals surface area (Å²) in [6.07, 6.45) is -1.37. The summed E-state index contributed by atoms with van der Waals surface area (Å²) in [5.74, 6) is 0. The van der Waals surface area contributed by atoms with Crippen LogP contribution in [0.25, 0.3) is 0 Å². The average Bonchev–Trinajstić information content (AvgIpc) is 2.60. The number of anilines is 1. The number of hydrogen-bond acceptors (Lipinski definition) is 12. The van der Waals surface area contributed by atoms with Crippen molar-refractivity contribution in [3.05, 3.63) is 31.9 Å². The zero-order chi connectivity index (χ0) is 21.1. The molecule has 0 fully saturated rings. The van der Waals surface area contributed by atoms with Gasteiger partial charge in [-0.15, -0.1) is 14.7 Å². The van der Waals surface area contributed by atoms with Crippen LogP contribution in [0.5, 0.6) is 0 Å². The lowest BCUT2D eigenvalue weighted by Crippen LogP contribution is -2.48. The highest BCUT2D eigenvalue weighted by atomic mass is 35.5. The first kappa shape index (κ1) is 21.8. The molecule has 0 spiro atoms. The van der Waals surface area contributed by atoms with E-state index in [1.807, 2.05) is 0 Å². The SMILES string of the molecule is NS(=O)(=O)c1cc2c(cc1Cl)N(N=O)CN(CC(CON=O)ON=O)S2(=O)=O. The molecule has 2 N–H and O–H groups in total. The summed E-state index contributed by atoms with van der Waals surface area (Å²) in [6.45, 7) is -1.90. The lowest BCUT2D eigenvalue weighted by Gasteiger charge is -2.34. The first-order valence-corrected chi connectivity index (χ1v) is 10.3. The van der Waals surface area contributed by atoms with E-state index in [0.29, 0.717) is 15.4 Å². The van der Waals surface area contributed by atoms with Crippen LogP contribution >= 0.6 is 11.6 Å². The number of primary sulfonamides is 1. The van der Waals surface area contributed by atoms with E-state index in [0.717, 1.165) is 6.07 Å². The van der Waals surface area contributed by atoms with Crippen molar-refractivity contribution in [3.8, 4) is 0 Å². The molecule has 1 unspecified atom stereocenters. The molecule has 0 radical (unpaired) electrons. The van der Waals surface area contributed by atoms with Crippen molar-refractivity contribution in [1.82, 2.24) is 4.31 Å². The van der Waals surface area contributed by atoms with E-state index in [-0.39, 0.29) is 5.69 Å². The minimum Gasteiger partial charge on any atom is -0.360 e. The number of halogens is 1. The van der Waals surface area contributed by atoms with Crippen LogP contribution < -0.4 is 10.1 Å². The molecule has 1 aromatic carbocycles. The zero-order valence-electron chi connectivity index (χ0n) is 13.5. The van der Waals surface area contributed by atoms with E-state index in [4.69, 9.17) is 16.7 Å². The van der Waals surface area contributed by atoms with E-state index >= 15 is 0 Å². The van der Waals surface area contributed by atoms with Gasteiger partial charge in [0.05, 0.1) is 22.5 Å². The molecule has 1 aromatic rings. The van der Waals surface area contributed by atoms with Crippen molar-refractivity contribution in [2.45, 2.75) is 15.9 Å². The maximum absolute atomic E-state index is 12.9. The van der Waals surface area contributed by atoms with Crippen LogP contribution in [0, 0.1) is 14.7 Å². The number of fused-ring (bicyclic) bond motifs is 1. The van der Waals surface area contributed by atoms with Crippen LogP contribution in [0.15, 0.2) is 37.9 Å². The molecule has 0 bridgehead atoms. The molecule has 15 nitrogen and oxygen atoms in total. The van der Waals surface area contributed by atoms with Crippen LogP contribution in [0.2, 0.25) is 5.02 Å². The Morgan fingerprint density at radius 3 is 2.46 bits per heavy atom. The van der Waals surface area contributed by atoms with Crippen LogP contribution in [-0.2, 0) is 29.7 Å². The summed E-state index contributed by atoms with van der Waals surface area (Å²) in [7, 11) is -8.83. The standard InChI is InChI=1S/C10H11ClN6O9S2/c11-7-1-8-10(2-9(7)27(12,21)22)28(23,24)16(5-17(8)13-18)3-6(26-15-20)4-25-14-19/h1-2,6H,3-5H2,(H2,12,21,22). The Labute approximate surface area is 162 Å². The Morgan fingerprint density at radius 1 is 1.25 bits per heavy atom. The van der Waals surface area contributed by atoms with Crippen LogP contribution in [-0.4, -0.2) is 47.1 Å². The van der Waals surface area contributed by atoms with Gasteiger partial charge in [-0.25, -0.2) is 27.0 Å². The molecule has 0 aromatic heterocycles. The fraction of sp³-hybridized carbons (Fsp3) is 0.400. The molecule has 1 heterocycles. The van der Waals surface area contributed by atoms with Crippen LogP contribution in [0.3, 0.4) is 0 Å². The van der Waals surface area contributed by atoms with Gasteiger partial charge in [0.1, 0.15) is 16.5 Å². The monoisotopic (exact) mass is 458 g/mol. The molecule has 2 rings (SSSR count). The van der Waals surface area contributed by atoms with Crippen molar-refractivity contribution in [2.24, 2.45) is 21.1 Å². The molecular weight excluding hydrogens is 448 g/mol. The van der Waals surface area contributed by atoms with Gasteiger partial charge in [-0.3, -0.25) is 0 Å². The predicted octanol–water partition coefficient (Wildman–Crippen LogP) is 0.202. The van der Waals surface area contributed by atoms with Gasteiger partial charge in [0.2, 0.25) is 20.0 Å². The van der Waals surface area contributed by atoms with Crippen molar-refractivity contribution in [2.75, 3.05) is 24.8 Å². The Bertz CT molecular complexity index is 1000. The second kappa shape index (κ2) is 8.27. The van der Waals surface area contributed by atoms with Crippen LogP contribution in [0.1, 0.15) is 0 Å². The third-order valence-corrected chi connectivity index (χ3v) is 6.72. The van der Waals surface area contributed by atoms with Gasteiger partial charge in [-0.05, 0) is 12.1 Å². The largest absolute Gasteiger partial charge is 0.360 e. The van der Waals surface area contributed by atoms with E-state index in [2.05, 4.69) is 25.6 Å². The Kier molecular flexibility index (Phi) is 6.44. The van der Waals surface area contributed by atoms with Gasteiger partial charge >= 0.3 is 0 Å². The van der Waals surface area contributed by atoms with Gasteiger partial charge in [0.15, 0.2) is 23.4 Å². The number of nitroso groups, excluding NO2 is 1. The maximum Gasteiger partial charge on any atom is 0.246 e. The summed E-state index contributed by atoms with van der Waals surface area (Å²) in [6, 6.07) is 1.58. The first-order chi connectivity index (χ1) is 13.1. The number of benzene rings is 1. The number of nitrogens with two attached hydrogens (primary N) is 1. The highest BCUT2D eigenvalue weighted by molar-refractivity contribution is 7.90. The number of rotatable bonds is 9. The Balaban J connectivity index is 2.54. The number of hydrogen-bond donors (Lipinski definition) is 1. The van der Waals surface area contributed by atoms with Crippen molar-refractivity contribution < 1.29 is 26.5 Å². The quantitative estimate of drug-likeness (QED) is 0.392. The second-order valence-corrected chi connectivity index (χ2v) is 9.07. The first-order valence-electron chi connectivity index (χ1n) is 6.96. The van der Waals surface area contributed by atoms with E-state index < -0.39 is 60.8 Å². The van der Waals surface area contributed by atoms with Gasteiger partial charge in [-0.2, -0.15) is 4.31 Å². The normalized spacial score (nSPS) is 17.3. The van der Waals surface area contributed by atoms with Gasteiger partial charge in [0, 0.05) is 0 Å². The molecule has 0 saturated carbocycles. The maximum atomic E-state index is 12.9. The molecule has 154 valence electrons. The van der Waals surface area contributed by atoms with E-state index in [9.17, 15) is 31.6 Å². The minimum absolute atomic E-state index is 0.291. The molecule has 28 heavy (non-hydrogen) atoms. The van der Waals surface area contributed by atoms with Crippen molar-refractivity contribution in [3.63, 3.8) is 0 Å². The summed E-state index contributed by atoms with van der Waals surface area (Å²) in [5.41, 5.74) is -0.291. The number of sulfonamides is 2. The predicted molar refractivity (Wildman–Crippen MR) is 92.3 cm³/mol. The highest BCUT2D eigenvalue weighted by Gasteiger charge is 2.39. The third kappa shape index (κ3) is 4.33. The van der Waals surface area contributed by atoms with E-state index in [1.54, 1.807) is 0 Å². The Morgan fingerprint density at radius 2 is 1.93 bits per heavy atom. The molecule has 1 atom stereocenters. The zero-order valence-corrected chi connectivity index (χ0v) is 15.9. The molecule has 1 aliphatic rings. The van der Waals surface area contributed by atoms with Gasteiger partial charge in [-0.1, -0.05) is 11.6 Å².